The smallest absolute Gasteiger partial charge is 0.410 e. The van der Waals surface area contributed by atoms with Crippen molar-refractivity contribution >= 4 is 28.8 Å². The van der Waals surface area contributed by atoms with Crippen molar-refractivity contribution in [2.45, 2.75) is 50.3 Å². The standard InChI is InChI=1S/C25H31N3O3S/c1-18(27-32-22-11-10-21-15-26-13-12-20(21)14-22)16-28(24(30)31-25(2,3)4)17-23(29)19-8-6-5-7-9-19/h5-15,18,23,27,29H,16-17H2,1-4H3/t18-,23-/m1/s1. The Morgan fingerprint density at radius 3 is 2.59 bits per heavy atom. The molecule has 2 aromatic carbocycles. The monoisotopic (exact) mass is 453 g/mol. The minimum Gasteiger partial charge on any atom is -0.444 e. The number of hydrogen-bond donors (Lipinski definition) is 2. The minimum atomic E-state index is -0.794. The molecule has 0 aliphatic heterocycles. The van der Waals surface area contributed by atoms with Crippen LogP contribution < -0.4 is 4.72 Å². The molecule has 1 amide bonds. The van der Waals surface area contributed by atoms with Gasteiger partial charge < -0.3 is 14.7 Å². The molecule has 1 heterocycles. The average molecular weight is 454 g/mol. The lowest BCUT2D eigenvalue weighted by molar-refractivity contribution is 0.0132. The van der Waals surface area contributed by atoms with E-state index in [9.17, 15) is 9.90 Å². The Balaban J connectivity index is 1.64. The van der Waals surface area contributed by atoms with Crippen molar-refractivity contribution in [3.05, 3.63) is 72.6 Å². The van der Waals surface area contributed by atoms with E-state index >= 15 is 0 Å². The number of carbonyl (C=O) groups is 1. The van der Waals surface area contributed by atoms with Gasteiger partial charge in [0.2, 0.25) is 0 Å². The number of ether oxygens (including phenoxy) is 1. The Hall–Kier alpha value is -2.61. The second-order valence-electron chi connectivity index (χ2n) is 8.82. The third kappa shape index (κ3) is 7.22. The second kappa shape index (κ2) is 10.8. The number of fused-ring (bicyclic) bond motifs is 1. The summed E-state index contributed by atoms with van der Waals surface area (Å²) in [6.07, 6.45) is 2.39. The van der Waals surface area contributed by atoms with Crippen LogP contribution in [-0.4, -0.2) is 45.8 Å². The molecule has 1 aromatic heterocycles. The molecule has 0 bridgehead atoms. The van der Waals surface area contributed by atoms with E-state index in [4.69, 9.17) is 4.74 Å². The van der Waals surface area contributed by atoms with Gasteiger partial charge in [-0.3, -0.25) is 9.71 Å². The van der Waals surface area contributed by atoms with Crippen molar-refractivity contribution in [2.24, 2.45) is 0 Å². The molecule has 3 rings (SSSR count). The highest BCUT2D eigenvalue weighted by molar-refractivity contribution is 7.97. The quantitative estimate of drug-likeness (QED) is 0.457. The van der Waals surface area contributed by atoms with E-state index < -0.39 is 17.8 Å². The van der Waals surface area contributed by atoms with Crippen LogP contribution >= 0.6 is 11.9 Å². The third-order valence-corrected chi connectivity index (χ3v) is 5.72. The Labute approximate surface area is 194 Å². The van der Waals surface area contributed by atoms with Gasteiger partial charge in [0.05, 0.1) is 12.6 Å². The number of aliphatic hydroxyl groups excluding tert-OH is 1. The van der Waals surface area contributed by atoms with Crippen molar-refractivity contribution < 1.29 is 14.6 Å². The molecule has 3 aromatic rings. The van der Waals surface area contributed by atoms with Gasteiger partial charge in [0.15, 0.2) is 0 Å². The molecule has 0 fully saturated rings. The van der Waals surface area contributed by atoms with Gasteiger partial charge in [-0.05, 0) is 68.8 Å². The summed E-state index contributed by atoms with van der Waals surface area (Å²) in [6.45, 7) is 8.06. The molecule has 170 valence electrons. The van der Waals surface area contributed by atoms with Crippen LogP contribution in [0.25, 0.3) is 10.8 Å². The predicted octanol–water partition coefficient (Wildman–Crippen LogP) is 5.19. The van der Waals surface area contributed by atoms with E-state index in [1.165, 1.54) is 11.9 Å². The molecule has 2 N–H and O–H groups in total. The summed E-state index contributed by atoms with van der Waals surface area (Å²) in [5.41, 5.74) is 0.153. The molecule has 0 aliphatic carbocycles. The third-order valence-electron chi connectivity index (χ3n) is 4.71. The maximum atomic E-state index is 12.8. The number of nitrogens with one attached hydrogen (secondary N) is 1. The number of rotatable bonds is 8. The van der Waals surface area contributed by atoms with Gasteiger partial charge in [-0.15, -0.1) is 0 Å². The summed E-state index contributed by atoms with van der Waals surface area (Å²) in [6, 6.07) is 17.5. The minimum absolute atomic E-state index is 0.0383. The Morgan fingerprint density at radius 1 is 1.12 bits per heavy atom. The lowest BCUT2D eigenvalue weighted by atomic mass is 10.1. The Bertz CT molecular complexity index is 1020. The lowest BCUT2D eigenvalue weighted by Gasteiger charge is -2.31. The summed E-state index contributed by atoms with van der Waals surface area (Å²) in [5, 5.41) is 12.9. The van der Waals surface area contributed by atoms with Gasteiger partial charge in [-0.1, -0.05) is 36.4 Å². The highest BCUT2D eigenvalue weighted by Gasteiger charge is 2.26. The number of benzene rings is 2. The van der Waals surface area contributed by atoms with Crippen molar-refractivity contribution in [1.82, 2.24) is 14.6 Å². The molecule has 32 heavy (non-hydrogen) atoms. The van der Waals surface area contributed by atoms with Gasteiger partial charge in [0.1, 0.15) is 5.60 Å². The van der Waals surface area contributed by atoms with Crippen molar-refractivity contribution in [1.29, 1.82) is 0 Å². The zero-order valence-corrected chi connectivity index (χ0v) is 19.8. The normalized spacial score (nSPS) is 13.5. The summed E-state index contributed by atoms with van der Waals surface area (Å²) in [4.78, 5) is 19.6. The summed E-state index contributed by atoms with van der Waals surface area (Å²) in [7, 11) is 0. The molecule has 0 unspecified atom stereocenters. The molecule has 2 atom stereocenters. The fraction of sp³-hybridized carbons (Fsp3) is 0.360. The van der Waals surface area contributed by atoms with E-state index in [0.29, 0.717) is 6.54 Å². The first-order valence-corrected chi connectivity index (χ1v) is 11.5. The van der Waals surface area contributed by atoms with Gasteiger partial charge in [-0.2, -0.15) is 0 Å². The van der Waals surface area contributed by atoms with E-state index in [2.05, 4.69) is 15.8 Å². The summed E-state index contributed by atoms with van der Waals surface area (Å²) >= 11 is 1.51. The molecule has 0 spiro atoms. The molecular formula is C25H31N3O3S. The largest absolute Gasteiger partial charge is 0.444 e. The zero-order chi connectivity index (χ0) is 23.1. The van der Waals surface area contributed by atoms with E-state index in [-0.39, 0.29) is 12.6 Å². The average Bonchev–Trinajstić information content (AvgIpc) is 2.76. The number of aliphatic hydroxyl groups is 1. The summed E-state index contributed by atoms with van der Waals surface area (Å²) in [5.74, 6) is 0. The zero-order valence-electron chi connectivity index (χ0n) is 19.0. The van der Waals surface area contributed by atoms with Crippen LogP contribution in [0.5, 0.6) is 0 Å². The SMILES string of the molecule is C[C@H](CN(C[C@@H](O)c1ccccc1)C(=O)OC(C)(C)C)NSc1ccc2cnccc2c1. The molecule has 0 saturated heterocycles. The maximum absolute atomic E-state index is 12.8. The fourth-order valence-electron chi connectivity index (χ4n) is 3.20. The van der Waals surface area contributed by atoms with Gasteiger partial charge in [-0.25, -0.2) is 4.79 Å². The number of hydrogen-bond acceptors (Lipinski definition) is 6. The first kappa shape index (κ1) is 24.0. The first-order valence-electron chi connectivity index (χ1n) is 10.7. The molecule has 0 aliphatic rings. The molecule has 6 nitrogen and oxygen atoms in total. The number of amides is 1. The fourth-order valence-corrected chi connectivity index (χ4v) is 3.93. The lowest BCUT2D eigenvalue weighted by Crippen LogP contribution is -2.44. The number of pyridine rings is 1. The van der Waals surface area contributed by atoms with Crippen LogP contribution in [0.15, 0.2) is 71.9 Å². The number of aromatic nitrogens is 1. The van der Waals surface area contributed by atoms with E-state index in [1.54, 1.807) is 11.1 Å². The van der Waals surface area contributed by atoms with Crippen LogP contribution in [0.3, 0.4) is 0 Å². The highest BCUT2D eigenvalue weighted by atomic mass is 32.2. The Morgan fingerprint density at radius 2 is 1.88 bits per heavy atom. The van der Waals surface area contributed by atoms with Crippen molar-refractivity contribution in [2.75, 3.05) is 13.1 Å². The number of nitrogens with zero attached hydrogens (tertiary/aromatic N) is 2. The predicted molar refractivity (Wildman–Crippen MR) is 129 cm³/mol. The van der Waals surface area contributed by atoms with Gasteiger partial charge in [0, 0.05) is 35.3 Å². The Kier molecular flexibility index (Phi) is 8.12. The maximum Gasteiger partial charge on any atom is 0.410 e. The van der Waals surface area contributed by atoms with Crippen LogP contribution in [0.2, 0.25) is 0 Å². The van der Waals surface area contributed by atoms with E-state index in [1.807, 2.05) is 82.4 Å². The summed E-state index contributed by atoms with van der Waals surface area (Å²) < 4.78 is 8.98. The van der Waals surface area contributed by atoms with Crippen LogP contribution in [0, 0.1) is 0 Å². The van der Waals surface area contributed by atoms with E-state index in [0.717, 1.165) is 21.2 Å². The second-order valence-corrected chi connectivity index (χ2v) is 9.73. The number of carbonyl (C=O) groups excluding carboxylic acids is 1. The highest BCUT2D eigenvalue weighted by Crippen LogP contribution is 2.22. The van der Waals surface area contributed by atoms with Crippen LogP contribution in [0.1, 0.15) is 39.4 Å². The molecule has 7 heteroatoms. The van der Waals surface area contributed by atoms with Gasteiger partial charge >= 0.3 is 6.09 Å². The van der Waals surface area contributed by atoms with Crippen molar-refractivity contribution in [3.63, 3.8) is 0 Å². The molecule has 0 radical (unpaired) electrons. The van der Waals surface area contributed by atoms with Gasteiger partial charge in [0.25, 0.3) is 0 Å². The first-order chi connectivity index (χ1) is 15.2. The van der Waals surface area contributed by atoms with Crippen LogP contribution in [-0.2, 0) is 4.74 Å². The van der Waals surface area contributed by atoms with Crippen LogP contribution in [0.4, 0.5) is 4.79 Å². The topological polar surface area (TPSA) is 74.7 Å². The molecule has 0 saturated carbocycles. The molecular weight excluding hydrogens is 422 g/mol. The van der Waals surface area contributed by atoms with Crippen molar-refractivity contribution in [3.8, 4) is 0 Å².